The smallest absolute Gasteiger partial charge is 0.410 e. The van der Waals surface area contributed by atoms with Crippen molar-refractivity contribution in [2.24, 2.45) is 0 Å². The molecule has 0 spiro atoms. The number of benzene rings is 1. The van der Waals surface area contributed by atoms with Crippen LogP contribution in [0.2, 0.25) is 0 Å². The molecule has 0 radical (unpaired) electrons. The molecule has 134 valence electrons. The van der Waals surface area contributed by atoms with E-state index in [2.05, 4.69) is 0 Å². The van der Waals surface area contributed by atoms with Gasteiger partial charge in [0.25, 0.3) is 0 Å². The van der Waals surface area contributed by atoms with E-state index in [1.54, 1.807) is 19.1 Å². The van der Waals surface area contributed by atoms with Gasteiger partial charge < -0.3 is 24.2 Å². The minimum Gasteiger partial charge on any atom is -0.497 e. The molecule has 1 heterocycles. The summed E-state index contributed by atoms with van der Waals surface area (Å²) >= 11 is 0. The van der Waals surface area contributed by atoms with Gasteiger partial charge in [0.05, 0.1) is 26.9 Å². The molecule has 1 aliphatic heterocycles. The van der Waals surface area contributed by atoms with E-state index < -0.39 is 11.7 Å². The van der Waals surface area contributed by atoms with Crippen LogP contribution in [0, 0.1) is 0 Å². The van der Waals surface area contributed by atoms with Crippen LogP contribution in [0.4, 0.5) is 4.79 Å². The number of likely N-dealkylation sites (tertiary alicyclic amines) is 1. The lowest BCUT2D eigenvalue weighted by molar-refractivity contribution is -0.00169. The monoisotopic (exact) mass is 337 g/mol. The van der Waals surface area contributed by atoms with Crippen LogP contribution in [-0.4, -0.2) is 55.1 Å². The molecule has 0 unspecified atom stereocenters. The fraction of sp³-hybridized carbons (Fsp3) is 0.611. The summed E-state index contributed by atoms with van der Waals surface area (Å²) in [4.78, 5) is 13.7. The van der Waals surface area contributed by atoms with Gasteiger partial charge in [0, 0.05) is 24.1 Å². The van der Waals surface area contributed by atoms with Crippen molar-refractivity contribution in [2.75, 3.05) is 27.3 Å². The van der Waals surface area contributed by atoms with Gasteiger partial charge in [-0.2, -0.15) is 0 Å². The van der Waals surface area contributed by atoms with Crippen LogP contribution in [-0.2, 0) is 4.74 Å². The molecule has 1 N–H and O–H groups in total. The van der Waals surface area contributed by atoms with Crippen molar-refractivity contribution in [3.8, 4) is 11.5 Å². The van der Waals surface area contributed by atoms with E-state index in [-0.39, 0.29) is 18.6 Å². The van der Waals surface area contributed by atoms with E-state index in [9.17, 15) is 9.90 Å². The topological polar surface area (TPSA) is 68.2 Å². The third-order valence-corrected chi connectivity index (χ3v) is 4.07. The quantitative estimate of drug-likeness (QED) is 0.918. The number of methoxy groups -OCH3 is 2. The summed E-state index contributed by atoms with van der Waals surface area (Å²) in [5.41, 5.74) is 0.382. The normalized spacial score (nSPS) is 21.3. The Morgan fingerprint density at radius 3 is 2.50 bits per heavy atom. The number of aliphatic hydroxyl groups is 1. The third-order valence-electron chi connectivity index (χ3n) is 4.07. The second-order valence-electron chi connectivity index (χ2n) is 7.00. The predicted octanol–water partition coefficient (Wildman–Crippen LogP) is 2.79. The molecule has 1 amide bonds. The average molecular weight is 337 g/mol. The van der Waals surface area contributed by atoms with Gasteiger partial charge in [-0.3, -0.25) is 0 Å². The van der Waals surface area contributed by atoms with Crippen molar-refractivity contribution in [3.63, 3.8) is 0 Å². The molecule has 0 saturated carbocycles. The highest BCUT2D eigenvalue weighted by atomic mass is 16.6. The molecule has 24 heavy (non-hydrogen) atoms. The van der Waals surface area contributed by atoms with Crippen LogP contribution in [0.1, 0.15) is 38.7 Å². The lowest BCUT2D eigenvalue weighted by Crippen LogP contribution is -2.47. The van der Waals surface area contributed by atoms with Crippen LogP contribution in [0.5, 0.6) is 11.5 Å². The van der Waals surface area contributed by atoms with Crippen molar-refractivity contribution in [1.29, 1.82) is 0 Å². The average Bonchev–Trinajstić information content (AvgIpc) is 2.52. The molecule has 1 aromatic rings. The Labute approximate surface area is 143 Å². The van der Waals surface area contributed by atoms with E-state index in [1.165, 1.54) is 0 Å². The van der Waals surface area contributed by atoms with Gasteiger partial charge in [0.1, 0.15) is 17.1 Å². The standard InChI is InChI=1S/C18H27NO5/c1-18(2,3)24-17(21)19-9-8-13(15(20)11-19)14-7-6-12(22-4)10-16(14)23-5/h6-7,10,13,15,20H,8-9,11H2,1-5H3/t13-,15+/m1/s1. The van der Waals surface area contributed by atoms with E-state index >= 15 is 0 Å². The molecule has 2 atom stereocenters. The van der Waals surface area contributed by atoms with Crippen molar-refractivity contribution < 1.29 is 24.1 Å². The summed E-state index contributed by atoms with van der Waals surface area (Å²) in [6, 6.07) is 5.57. The number of carbonyl (C=O) groups is 1. The Balaban J connectivity index is 2.10. The van der Waals surface area contributed by atoms with E-state index in [1.807, 2.05) is 39.0 Å². The van der Waals surface area contributed by atoms with Gasteiger partial charge >= 0.3 is 6.09 Å². The molecule has 1 aliphatic rings. The number of nitrogens with zero attached hydrogens (tertiary/aromatic N) is 1. The Hall–Kier alpha value is -1.95. The van der Waals surface area contributed by atoms with E-state index in [0.717, 1.165) is 5.56 Å². The fourth-order valence-electron chi connectivity index (χ4n) is 2.91. The first kappa shape index (κ1) is 18.4. The Morgan fingerprint density at radius 1 is 1.25 bits per heavy atom. The summed E-state index contributed by atoms with van der Waals surface area (Å²) < 4.78 is 16.0. The van der Waals surface area contributed by atoms with E-state index in [0.29, 0.717) is 24.5 Å². The molecule has 1 aromatic carbocycles. The van der Waals surface area contributed by atoms with E-state index in [4.69, 9.17) is 14.2 Å². The second kappa shape index (κ2) is 7.30. The van der Waals surface area contributed by atoms with Crippen molar-refractivity contribution in [3.05, 3.63) is 23.8 Å². The van der Waals surface area contributed by atoms with Gasteiger partial charge in [0.2, 0.25) is 0 Å². The number of aliphatic hydroxyl groups excluding tert-OH is 1. The highest BCUT2D eigenvalue weighted by Crippen LogP contribution is 2.36. The lowest BCUT2D eigenvalue weighted by Gasteiger charge is -2.37. The maximum Gasteiger partial charge on any atom is 0.410 e. The van der Waals surface area contributed by atoms with Crippen LogP contribution in [0.25, 0.3) is 0 Å². The van der Waals surface area contributed by atoms with Gasteiger partial charge in [-0.15, -0.1) is 0 Å². The molecule has 6 heteroatoms. The number of β-amino-alcohol motifs (C(OH)–C–C–N with tert-alkyl or cyclic N) is 1. The number of carbonyl (C=O) groups excluding carboxylic acids is 1. The highest BCUT2D eigenvalue weighted by molar-refractivity contribution is 5.68. The fourth-order valence-corrected chi connectivity index (χ4v) is 2.91. The van der Waals surface area contributed by atoms with Crippen molar-refractivity contribution in [2.45, 2.75) is 44.8 Å². The van der Waals surface area contributed by atoms with Crippen LogP contribution in [0.15, 0.2) is 18.2 Å². The summed E-state index contributed by atoms with van der Waals surface area (Å²) in [7, 11) is 3.20. The first-order chi connectivity index (χ1) is 11.2. The number of hydrogen-bond acceptors (Lipinski definition) is 5. The number of rotatable bonds is 3. The SMILES string of the molecule is COc1ccc([C@H]2CCN(C(=O)OC(C)(C)C)C[C@@H]2O)c(OC)c1. The van der Waals surface area contributed by atoms with Crippen LogP contribution < -0.4 is 9.47 Å². The number of hydrogen-bond donors (Lipinski definition) is 1. The molecular formula is C18H27NO5. The maximum atomic E-state index is 12.2. The molecule has 1 saturated heterocycles. The summed E-state index contributed by atoms with van der Waals surface area (Å²) in [5, 5.41) is 10.6. The molecule has 2 rings (SSSR count). The first-order valence-electron chi connectivity index (χ1n) is 8.13. The number of ether oxygens (including phenoxy) is 3. The molecule has 0 aromatic heterocycles. The zero-order valence-corrected chi connectivity index (χ0v) is 15.0. The van der Waals surface area contributed by atoms with Crippen molar-refractivity contribution in [1.82, 2.24) is 4.90 Å². The third kappa shape index (κ3) is 4.32. The Bertz CT molecular complexity index is 581. The largest absolute Gasteiger partial charge is 0.497 e. The second-order valence-corrected chi connectivity index (χ2v) is 7.00. The molecular weight excluding hydrogens is 310 g/mol. The molecule has 6 nitrogen and oxygen atoms in total. The van der Waals surface area contributed by atoms with Gasteiger partial charge in [-0.1, -0.05) is 6.07 Å². The predicted molar refractivity (Wildman–Crippen MR) is 90.7 cm³/mol. The van der Waals surface area contributed by atoms with Gasteiger partial charge in [-0.05, 0) is 33.3 Å². The zero-order chi connectivity index (χ0) is 17.9. The number of amides is 1. The van der Waals surface area contributed by atoms with Crippen LogP contribution >= 0.6 is 0 Å². The highest BCUT2D eigenvalue weighted by Gasteiger charge is 2.34. The molecule has 0 bridgehead atoms. The summed E-state index contributed by atoms with van der Waals surface area (Å²) in [6.45, 7) is 6.27. The zero-order valence-electron chi connectivity index (χ0n) is 15.0. The van der Waals surface area contributed by atoms with Crippen molar-refractivity contribution >= 4 is 6.09 Å². The first-order valence-corrected chi connectivity index (χ1v) is 8.13. The van der Waals surface area contributed by atoms with Gasteiger partial charge in [0.15, 0.2) is 0 Å². The molecule has 1 fully saturated rings. The minimum absolute atomic E-state index is 0.0930. The van der Waals surface area contributed by atoms with Gasteiger partial charge in [-0.25, -0.2) is 4.79 Å². The molecule has 0 aliphatic carbocycles. The summed E-state index contributed by atoms with van der Waals surface area (Å²) in [5.74, 6) is 1.30. The lowest BCUT2D eigenvalue weighted by atomic mass is 9.86. The number of piperidine rings is 1. The maximum absolute atomic E-state index is 12.2. The summed E-state index contributed by atoms with van der Waals surface area (Å²) in [6.07, 6.45) is -0.418. The minimum atomic E-state index is -0.673. The Kier molecular flexibility index (Phi) is 5.59. The Morgan fingerprint density at radius 2 is 1.96 bits per heavy atom. The van der Waals surface area contributed by atoms with Crippen LogP contribution in [0.3, 0.4) is 0 Å².